The molecule has 1 fully saturated rings. The van der Waals surface area contributed by atoms with Gasteiger partial charge in [-0.05, 0) is 19.0 Å². The zero-order chi connectivity index (χ0) is 9.54. The third-order valence-corrected chi connectivity index (χ3v) is 2.94. The minimum Gasteiger partial charge on any atom is -0.309 e. The van der Waals surface area contributed by atoms with Gasteiger partial charge in [-0.3, -0.25) is 4.68 Å². The molecule has 0 spiro atoms. The summed E-state index contributed by atoms with van der Waals surface area (Å²) in [6.07, 6.45) is 1.23. The maximum absolute atomic E-state index is 4.49. The SMILES string of the molecule is Cn1nc2ccccc2c1C1CCN1. The van der Waals surface area contributed by atoms with Crippen LogP contribution in [0.3, 0.4) is 0 Å². The molecule has 1 aliphatic rings. The average Bonchev–Trinajstić information content (AvgIpc) is 2.41. The van der Waals surface area contributed by atoms with E-state index in [4.69, 9.17) is 0 Å². The van der Waals surface area contributed by atoms with E-state index in [1.165, 1.54) is 17.5 Å². The van der Waals surface area contributed by atoms with Crippen molar-refractivity contribution in [2.24, 2.45) is 7.05 Å². The van der Waals surface area contributed by atoms with Crippen molar-refractivity contribution in [3.05, 3.63) is 30.0 Å². The van der Waals surface area contributed by atoms with E-state index in [9.17, 15) is 0 Å². The minimum atomic E-state index is 0.507. The zero-order valence-corrected chi connectivity index (χ0v) is 8.20. The van der Waals surface area contributed by atoms with E-state index in [2.05, 4.69) is 28.6 Å². The summed E-state index contributed by atoms with van der Waals surface area (Å²) in [5.74, 6) is 0. The fourth-order valence-electron chi connectivity index (χ4n) is 2.10. The normalized spacial score (nSPS) is 21.1. The van der Waals surface area contributed by atoms with E-state index in [0.29, 0.717) is 6.04 Å². The smallest absolute Gasteiger partial charge is 0.0926 e. The molecule has 1 saturated heterocycles. The van der Waals surface area contributed by atoms with Crippen molar-refractivity contribution >= 4 is 10.9 Å². The molecular weight excluding hydrogens is 174 g/mol. The van der Waals surface area contributed by atoms with Crippen LogP contribution in [0.15, 0.2) is 24.3 Å². The summed E-state index contributed by atoms with van der Waals surface area (Å²) in [7, 11) is 2.02. The topological polar surface area (TPSA) is 29.9 Å². The highest BCUT2D eigenvalue weighted by Gasteiger charge is 2.23. The molecule has 72 valence electrons. The lowest BCUT2D eigenvalue weighted by Gasteiger charge is -2.27. The Labute approximate surface area is 82.7 Å². The lowest BCUT2D eigenvalue weighted by atomic mass is 10.0. The lowest BCUT2D eigenvalue weighted by molar-refractivity contribution is 0.365. The molecule has 1 aromatic heterocycles. The van der Waals surface area contributed by atoms with Crippen LogP contribution >= 0.6 is 0 Å². The molecule has 1 aromatic carbocycles. The Morgan fingerprint density at radius 2 is 2.21 bits per heavy atom. The molecule has 1 atom stereocenters. The van der Waals surface area contributed by atoms with E-state index in [1.807, 2.05) is 17.8 Å². The standard InChI is InChI=1S/C11H13N3/c1-14-11(10-6-7-12-10)8-4-2-3-5-9(8)13-14/h2-5,10,12H,6-7H2,1H3. The Bertz CT molecular complexity index is 468. The highest BCUT2D eigenvalue weighted by molar-refractivity contribution is 5.82. The fourth-order valence-corrected chi connectivity index (χ4v) is 2.10. The van der Waals surface area contributed by atoms with Gasteiger partial charge in [-0.15, -0.1) is 0 Å². The van der Waals surface area contributed by atoms with Gasteiger partial charge in [-0.1, -0.05) is 18.2 Å². The van der Waals surface area contributed by atoms with Crippen LogP contribution < -0.4 is 5.32 Å². The summed E-state index contributed by atoms with van der Waals surface area (Å²) < 4.78 is 2.00. The fraction of sp³-hybridized carbons (Fsp3) is 0.364. The summed E-state index contributed by atoms with van der Waals surface area (Å²) in [4.78, 5) is 0. The number of aryl methyl sites for hydroxylation is 1. The van der Waals surface area contributed by atoms with Crippen LogP contribution in [-0.4, -0.2) is 16.3 Å². The second-order valence-electron chi connectivity index (χ2n) is 3.82. The third kappa shape index (κ3) is 0.990. The Morgan fingerprint density at radius 3 is 2.93 bits per heavy atom. The average molecular weight is 187 g/mol. The van der Waals surface area contributed by atoms with Crippen molar-refractivity contribution < 1.29 is 0 Å². The predicted octanol–water partition coefficient (Wildman–Crippen LogP) is 1.61. The lowest BCUT2D eigenvalue weighted by Crippen LogP contribution is -2.36. The number of aromatic nitrogens is 2. The van der Waals surface area contributed by atoms with Gasteiger partial charge in [0.15, 0.2) is 0 Å². The van der Waals surface area contributed by atoms with Crippen LogP contribution in [0.4, 0.5) is 0 Å². The number of rotatable bonds is 1. The van der Waals surface area contributed by atoms with E-state index in [0.717, 1.165) is 12.1 Å². The molecule has 1 N–H and O–H groups in total. The molecule has 3 nitrogen and oxygen atoms in total. The van der Waals surface area contributed by atoms with Crippen molar-refractivity contribution in [2.45, 2.75) is 12.5 Å². The monoisotopic (exact) mass is 187 g/mol. The molecule has 1 aliphatic heterocycles. The molecule has 2 aromatic rings. The molecule has 0 amide bonds. The maximum Gasteiger partial charge on any atom is 0.0926 e. The van der Waals surface area contributed by atoms with Gasteiger partial charge in [0, 0.05) is 12.4 Å². The van der Waals surface area contributed by atoms with Crippen molar-refractivity contribution in [1.82, 2.24) is 15.1 Å². The summed E-state index contributed by atoms with van der Waals surface area (Å²) >= 11 is 0. The van der Waals surface area contributed by atoms with Gasteiger partial charge in [0.25, 0.3) is 0 Å². The predicted molar refractivity (Wildman–Crippen MR) is 56.1 cm³/mol. The number of nitrogens with one attached hydrogen (secondary N) is 1. The first-order valence-corrected chi connectivity index (χ1v) is 5.01. The highest BCUT2D eigenvalue weighted by Crippen LogP contribution is 2.28. The van der Waals surface area contributed by atoms with E-state index in [1.54, 1.807) is 0 Å². The largest absolute Gasteiger partial charge is 0.309 e. The van der Waals surface area contributed by atoms with Crippen molar-refractivity contribution in [2.75, 3.05) is 6.54 Å². The molecule has 3 heteroatoms. The van der Waals surface area contributed by atoms with E-state index >= 15 is 0 Å². The molecule has 1 unspecified atom stereocenters. The molecule has 3 rings (SSSR count). The Hall–Kier alpha value is -1.35. The molecule has 0 aliphatic carbocycles. The van der Waals surface area contributed by atoms with Crippen LogP contribution in [0.25, 0.3) is 10.9 Å². The summed E-state index contributed by atoms with van der Waals surface area (Å²) in [5, 5.41) is 9.20. The Morgan fingerprint density at radius 1 is 1.43 bits per heavy atom. The van der Waals surface area contributed by atoms with Gasteiger partial charge in [-0.25, -0.2) is 0 Å². The quantitative estimate of drug-likeness (QED) is 0.735. The van der Waals surface area contributed by atoms with Crippen LogP contribution in [0.1, 0.15) is 18.2 Å². The van der Waals surface area contributed by atoms with Crippen molar-refractivity contribution in [1.29, 1.82) is 0 Å². The maximum atomic E-state index is 4.49. The molecule has 0 bridgehead atoms. The molecule has 0 radical (unpaired) electrons. The number of benzene rings is 1. The van der Waals surface area contributed by atoms with Crippen LogP contribution in [0, 0.1) is 0 Å². The van der Waals surface area contributed by atoms with Gasteiger partial charge >= 0.3 is 0 Å². The first kappa shape index (κ1) is 8.00. The Balaban J connectivity index is 2.24. The summed E-state index contributed by atoms with van der Waals surface area (Å²) in [6.45, 7) is 1.13. The molecule has 0 saturated carbocycles. The second-order valence-corrected chi connectivity index (χ2v) is 3.82. The summed E-state index contributed by atoms with van der Waals surface area (Å²) in [6, 6.07) is 8.83. The minimum absolute atomic E-state index is 0.507. The van der Waals surface area contributed by atoms with Gasteiger partial charge in [0.2, 0.25) is 0 Å². The third-order valence-electron chi connectivity index (χ3n) is 2.94. The van der Waals surface area contributed by atoms with Crippen LogP contribution in [-0.2, 0) is 7.05 Å². The van der Waals surface area contributed by atoms with Crippen LogP contribution in [0.2, 0.25) is 0 Å². The second kappa shape index (κ2) is 2.82. The van der Waals surface area contributed by atoms with Gasteiger partial charge in [0.1, 0.15) is 0 Å². The number of hydrogen-bond donors (Lipinski definition) is 1. The van der Waals surface area contributed by atoms with Gasteiger partial charge in [-0.2, -0.15) is 5.10 Å². The van der Waals surface area contributed by atoms with Crippen LogP contribution in [0.5, 0.6) is 0 Å². The molecule has 14 heavy (non-hydrogen) atoms. The first-order chi connectivity index (χ1) is 6.86. The molecule has 2 heterocycles. The Kier molecular flexibility index (Phi) is 1.61. The van der Waals surface area contributed by atoms with Crippen molar-refractivity contribution in [3.8, 4) is 0 Å². The van der Waals surface area contributed by atoms with E-state index < -0.39 is 0 Å². The highest BCUT2D eigenvalue weighted by atomic mass is 15.3. The van der Waals surface area contributed by atoms with E-state index in [-0.39, 0.29) is 0 Å². The molecular formula is C11H13N3. The van der Waals surface area contributed by atoms with Gasteiger partial charge in [0.05, 0.1) is 17.3 Å². The van der Waals surface area contributed by atoms with Crippen molar-refractivity contribution in [3.63, 3.8) is 0 Å². The van der Waals surface area contributed by atoms with Gasteiger partial charge < -0.3 is 5.32 Å². The number of hydrogen-bond acceptors (Lipinski definition) is 2. The number of fused-ring (bicyclic) bond motifs is 1. The summed E-state index contributed by atoms with van der Waals surface area (Å²) in [5.41, 5.74) is 2.42. The first-order valence-electron chi connectivity index (χ1n) is 5.01. The number of nitrogens with zero attached hydrogens (tertiary/aromatic N) is 2. The zero-order valence-electron chi connectivity index (χ0n) is 8.20.